The molecular formula is C34H58CaO8S2. The average Bonchev–Trinajstić information content (AvgIpc) is 2.78. The fourth-order valence-electron chi connectivity index (χ4n) is 4.69. The van der Waals surface area contributed by atoms with Crippen LogP contribution in [0.2, 0.25) is 0 Å². The molecule has 0 fully saturated rings. The summed E-state index contributed by atoms with van der Waals surface area (Å²) in [5.74, 6) is 0.121. The SMILES string of the molecule is CCOS(=O)(=O)Cc1cc(C(C)(C)C)c(O)c(C(C)(C)C)c1.CCOS(=O)(=O)Cc1cc(C(C)(C)C)c(O)c(C(C)(C)C)c1.[Ca+2].[H-].[H-]. The first-order chi connectivity index (χ1) is 19.6. The molecule has 0 amide bonds. The molecule has 11 heteroatoms. The predicted molar refractivity (Wildman–Crippen MR) is 187 cm³/mol. The minimum Gasteiger partial charge on any atom is -1.00 e. The van der Waals surface area contributed by atoms with E-state index >= 15 is 0 Å². The van der Waals surface area contributed by atoms with Gasteiger partial charge in [0.05, 0.1) is 13.2 Å². The van der Waals surface area contributed by atoms with Crippen molar-refractivity contribution < 1.29 is 38.3 Å². The fourth-order valence-corrected chi connectivity index (χ4v) is 6.73. The Morgan fingerprint density at radius 2 is 0.733 bits per heavy atom. The first-order valence-corrected chi connectivity index (χ1v) is 18.2. The van der Waals surface area contributed by atoms with Crippen molar-refractivity contribution >= 4 is 58.0 Å². The molecule has 0 spiro atoms. The average molecular weight is 699 g/mol. The van der Waals surface area contributed by atoms with Crippen molar-refractivity contribution in [3.8, 4) is 11.5 Å². The van der Waals surface area contributed by atoms with Crippen LogP contribution in [0.1, 0.15) is 133 Å². The van der Waals surface area contributed by atoms with Crippen LogP contribution < -0.4 is 0 Å². The molecule has 45 heavy (non-hydrogen) atoms. The van der Waals surface area contributed by atoms with E-state index in [1.807, 2.05) is 83.1 Å². The van der Waals surface area contributed by atoms with Crippen LogP contribution in [-0.4, -0.2) is 78.0 Å². The molecule has 0 heterocycles. The largest absolute Gasteiger partial charge is 2.00 e. The number of hydrogen-bond donors (Lipinski definition) is 2. The Morgan fingerprint density at radius 3 is 0.889 bits per heavy atom. The molecule has 0 bridgehead atoms. The van der Waals surface area contributed by atoms with Gasteiger partial charge in [0.2, 0.25) is 0 Å². The minimum atomic E-state index is -3.60. The van der Waals surface area contributed by atoms with Gasteiger partial charge in [0.1, 0.15) is 23.0 Å². The van der Waals surface area contributed by atoms with Crippen molar-refractivity contribution in [1.82, 2.24) is 0 Å². The van der Waals surface area contributed by atoms with Crippen molar-refractivity contribution in [1.29, 1.82) is 0 Å². The quantitative estimate of drug-likeness (QED) is 0.214. The van der Waals surface area contributed by atoms with Gasteiger partial charge in [-0.25, -0.2) is 0 Å². The molecule has 2 N–H and O–H groups in total. The van der Waals surface area contributed by atoms with Gasteiger partial charge in [-0.1, -0.05) is 107 Å². The monoisotopic (exact) mass is 698 g/mol. The molecule has 2 aromatic carbocycles. The van der Waals surface area contributed by atoms with Crippen LogP contribution in [-0.2, 0) is 61.8 Å². The standard InChI is InChI=1S/2C17H28O4S.Ca.2H/c2*1-8-21-22(19,20)11-12-9-13(16(2,3)4)15(18)14(10-12)17(5,6)7;;;/h2*9-10,18H,8,11H2,1-7H3;;;/q;;+2;2*-1. The molecule has 0 aliphatic heterocycles. The van der Waals surface area contributed by atoms with Gasteiger partial charge >= 0.3 is 37.7 Å². The van der Waals surface area contributed by atoms with Crippen LogP contribution in [0.25, 0.3) is 0 Å². The molecule has 0 saturated carbocycles. The van der Waals surface area contributed by atoms with E-state index in [-0.39, 0.29) is 98.5 Å². The minimum absolute atomic E-state index is 0. The van der Waals surface area contributed by atoms with E-state index in [1.54, 1.807) is 38.1 Å². The van der Waals surface area contributed by atoms with Gasteiger partial charge in [0.15, 0.2) is 0 Å². The maximum Gasteiger partial charge on any atom is 2.00 e. The number of aromatic hydroxyl groups is 2. The fraction of sp³-hybridized carbons (Fsp3) is 0.647. The van der Waals surface area contributed by atoms with Gasteiger partial charge in [-0.15, -0.1) is 0 Å². The molecule has 8 nitrogen and oxygen atoms in total. The Hall–Kier alpha value is -0.880. The molecular weight excluding hydrogens is 641 g/mol. The maximum absolute atomic E-state index is 11.9. The molecule has 0 radical (unpaired) electrons. The van der Waals surface area contributed by atoms with Crippen LogP contribution in [0, 0.1) is 0 Å². The zero-order valence-corrected chi connectivity index (χ0v) is 33.8. The number of benzene rings is 2. The zero-order chi connectivity index (χ0) is 34.7. The summed E-state index contributed by atoms with van der Waals surface area (Å²) >= 11 is 0. The molecule has 0 aromatic heterocycles. The summed E-state index contributed by atoms with van der Waals surface area (Å²) in [6.45, 7) is 27.5. The van der Waals surface area contributed by atoms with Crippen LogP contribution in [0.3, 0.4) is 0 Å². The van der Waals surface area contributed by atoms with Gasteiger partial charge in [-0.2, -0.15) is 16.8 Å². The molecule has 256 valence electrons. The molecule has 2 rings (SSSR count). The number of hydrogen-bond acceptors (Lipinski definition) is 8. The third-order valence-electron chi connectivity index (χ3n) is 6.85. The predicted octanol–water partition coefficient (Wildman–Crippen LogP) is 7.55. The van der Waals surface area contributed by atoms with Crippen molar-refractivity contribution in [3.63, 3.8) is 0 Å². The Balaban J connectivity index is -0.000000774. The second-order valence-corrected chi connectivity index (χ2v) is 18.6. The third kappa shape index (κ3) is 13.6. The topological polar surface area (TPSA) is 127 Å². The summed E-state index contributed by atoms with van der Waals surface area (Å²) in [6.07, 6.45) is 0. The normalized spacial score (nSPS) is 13.1. The van der Waals surface area contributed by atoms with E-state index in [0.29, 0.717) is 11.1 Å². The Morgan fingerprint density at radius 1 is 0.533 bits per heavy atom. The molecule has 0 aliphatic rings. The maximum atomic E-state index is 11.9. The smallest absolute Gasteiger partial charge is 1.00 e. The second-order valence-electron chi connectivity index (χ2n) is 15.3. The number of rotatable bonds is 8. The molecule has 0 unspecified atom stereocenters. The van der Waals surface area contributed by atoms with Gasteiger partial charge in [0, 0.05) is 0 Å². The van der Waals surface area contributed by atoms with E-state index in [1.165, 1.54) is 0 Å². The van der Waals surface area contributed by atoms with Gasteiger partial charge in [-0.05, 0) is 68.9 Å². The van der Waals surface area contributed by atoms with Crippen LogP contribution in [0.15, 0.2) is 24.3 Å². The second kappa shape index (κ2) is 16.0. The van der Waals surface area contributed by atoms with Crippen molar-refractivity contribution in [2.24, 2.45) is 0 Å². The Bertz CT molecular complexity index is 1330. The Kier molecular flexibility index (Phi) is 15.7. The number of phenolic OH excluding ortho intramolecular Hbond substituents is 2. The summed E-state index contributed by atoms with van der Waals surface area (Å²) < 4.78 is 57.3. The van der Waals surface area contributed by atoms with E-state index in [4.69, 9.17) is 8.37 Å². The zero-order valence-electron chi connectivity index (χ0n) is 32.0. The van der Waals surface area contributed by atoms with Crippen LogP contribution >= 0.6 is 0 Å². The van der Waals surface area contributed by atoms with Crippen LogP contribution in [0.5, 0.6) is 11.5 Å². The Labute approximate surface area is 306 Å². The van der Waals surface area contributed by atoms with E-state index in [0.717, 1.165) is 22.3 Å². The van der Waals surface area contributed by atoms with Gasteiger partial charge in [0.25, 0.3) is 20.2 Å². The molecule has 0 aliphatic carbocycles. The number of phenols is 2. The third-order valence-corrected chi connectivity index (χ3v) is 9.42. The summed E-state index contributed by atoms with van der Waals surface area (Å²) in [4.78, 5) is 0. The van der Waals surface area contributed by atoms with E-state index in [9.17, 15) is 27.0 Å². The molecule has 0 atom stereocenters. The molecule has 2 aromatic rings. The summed E-state index contributed by atoms with van der Waals surface area (Å²) in [6, 6.07) is 7.06. The van der Waals surface area contributed by atoms with Crippen molar-refractivity contribution in [3.05, 3.63) is 57.6 Å². The first-order valence-electron chi connectivity index (χ1n) is 15.0. The van der Waals surface area contributed by atoms with Gasteiger partial charge < -0.3 is 13.1 Å². The summed E-state index contributed by atoms with van der Waals surface area (Å²) in [5.41, 5.74) is 3.16. The van der Waals surface area contributed by atoms with Crippen molar-refractivity contribution in [2.45, 2.75) is 130 Å². The van der Waals surface area contributed by atoms with Crippen molar-refractivity contribution in [2.75, 3.05) is 13.2 Å². The van der Waals surface area contributed by atoms with E-state index in [2.05, 4.69) is 0 Å². The summed E-state index contributed by atoms with van der Waals surface area (Å²) in [7, 11) is -7.21. The first kappa shape index (κ1) is 44.1. The molecule has 0 saturated heterocycles. The van der Waals surface area contributed by atoms with Crippen LogP contribution in [0.4, 0.5) is 0 Å². The van der Waals surface area contributed by atoms with Gasteiger partial charge in [-0.3, -0.25) is 8.37 Å². The summed E-state index contributed by atoms with van der Waals surface area (Å²) in [5, 5.41) is 21.2. The van der Waals surface area contributed by atoms with E-state index < -0.39 is 20.2 Å².